The van der Waals surface area contributed by atoms with E-state index in [0.717, 1.165) is 0 Å². The van der Waals surface area contributed by atoms with Crippen LogP contribution in [0.3, 0.4) is 0 Å². The van der Waals surface area contributed by atoms with E-state index in [9.17, 15) is 4.79 Å². The minimum absolute atomic E-state index is 0.356. The van der Waals surface area contributed by atoms with Crippen molar-refractivity contribution in [2.24, 2.45) is 11.7 Å². The molecule has 4 N–H and O–H groups in total. The highest BCUT2D eigenvalue weighted by Crippen LogP contribution is 2.05. The summed E-state index contributed by atoms with van der Waals surface area (Å²) in [5, 5.41) is 12.6. The van der Waals surface area contributed by atoms with Gasteiger partial charge in [-0.15, -0.1) is 0 Å². The first kappa shape index (κ1) is 7.50. The van der Waals surface area contributed by atoms with Crippen LogP contribution in [-0.2, 0) is 4.79 Å². The van der Waals surface area contributed by atoms with Gasteiger partial charge in [-0.3, -0.25) is 4.79 Å². The van der Waals surface area contributed by atoms with Crippen LogP contribution in [0.15, 0.2) is 0 Å². The van der Waals surface area contributed by atoms with Gasteiger partial charge in [0, 0.05) is 5.92 Å². The lowest BCUT2D eigenvalue weighted by molar-refractivity contribution is -0.140. The molecule has 0 aliphatic rings. The van der Waals surface area contributed by atoms with Crippen molar-refractivity contribution in [3.05, 3.63) is 0 Å². The van der Waals surface area contributed by atoms with E-state index in [1.54, 1.807) is 13.8 Å². The fourth-order valence-electron chi connectivity index (χ4n) is 0.517. The van der Waals surface area contributed by atoms with E-state index in [1.165, 1.54) is 0 Å². The zero-order valence-electron chi connectivity index (χ0n) is 7.07. The number of carboxylic acid groups (broad SMARTS) is 1. The minimum Gasteiger partial charge on any atom is -0.480 e. The summed E-state index contributed by atoms with van der Waals surface area (Å²) < 4.78 is 6.52. The Kier molecular flexibility index (Phi) is 2.65. The van der Waals surface area contributed by atoms with Gasteiger partial charge < -0.3 is 15.9 Å². The topological polar surface area (TPSA) is 83.5 Å². The van der Waals surface area contributed by atoms with Gasteiger partial charge in [-0.1, -0.05) is 6.92 Å². The van der Waals surface area contributed by atoms with Crippen LogP contribution in [0.1, 0.15) is 13.8 Å². The van der Waals surface area contributed by atoms with Crippen LogP contribution < -0.4 is 5.73 Å². The molecular formula is C6H13NO3. The molecule has 0 saturated carbocycles. The summed E-state index contributed by atoms with van der Waals surface area (Å²) in [5.41, 5.74) is 5.27. The van der Waals surface area contributed by atoms with E-state index in [4.69, 9.17) is 12.3 Å². The van der Waals surface area contributed by atoms with E-state index in [1.807, 2.05) is 0 Å². The molecule has 0 fully saturated rings. The Bertz CT molecular complexity index is 142. The molecule has 0 rings (SSSR count). The largest absolute Gasteiger partial charge is 0.480 e. The number of nitrogens with two attached hydrogens (primary N) is 1. The van der Waals surface area contributed by atoms with Crippen LogP contribution in [0.25, 0.3) is 0 Å². The van der Waals surface area contributed by atoms with Gasteiger partial charge in [0.25, 0.3) is 0 Å². The summed E-state index contributed by atoms with van der Waals surface area (Å²) in [6.07, 6.45) is -0.457. The first-order chi connectivity index (χ1) is 5.00. The quantitative estimate of drug-likeness (QED) is 0.498. The summed E-state index contributed by atoms with van der Waals surface area (Å²) in [4.78, 5) is 10.3. The molecule has 0 amide bonds. The average molecular weight is 148 g/mol. The molecule has 0 saturated heterocycles. The second kappa shape index (κ2) is 3.53. The fraction of sp³-hybridized carbons (Fsp3) is 0.833. The first-order valence-corrected chi connectivity index (χ1v) is 3.11. The SMILES string of the molecule is [2H]OC(C)[C@H](C)[C@H](N)C(=O)O. The molecule has 60 valence electrons. The van der Waals surface area contributed by atoms with Crippen molar-refractivity contribution in [2.45, 2.75) is 26.0 Å². The molecule has 10 heavy (non-hydrogen) atoms. The molecule has 0 radical (unpaired) electrons. The molecule has 0 aromatic heterocycles. The second-order valence-electron chi connectivity index (χ2n) is 2.43. The maximum absolute atomic E-state index is 10.3. The number of rotatable bonds is 4. The van der Waals surface area contributed by atoms with Crippen molar-refractivity contribution in [2.75, 3.05) is 0 Å². The number of aliphatic hydroxyl groups is 1. The molecule has 0 aromatic carbocycles. The van der Waals surface area contributed by atoms with E-state index < -0.39 is 18.1 Å². The molecule has 0 spiro atoms. The molecular weight excluding hydrogens is 134 g/mol. The molecule has 4 nitrogen and oxygen atoms in total. The Morgan fingerprint density at radius 1 is 1.70 bits per heavy atom. The second-order valence-corrected chi connectivity index (χ2v) is 2.43. The lowest BCUT2D eigenvalue weighted by Crippen LogP contribution is -2.41. The highest BCUT2D eigenvalue weighted by Gasteiger charge is 2.23. The van der Waals surface area contributed by atoms with Crippen molar-refractivity contribution < 1.29 is 15.0 Å². The van der Waals surface area contributed by atoms with Crippen LogP contribution in [0, 0.1) is 5.92 Å². The van der Waals surface area contributed by atoms with E-state index in [2.05, 4.69) is 5.11 Å². The maximum Gasteiger partial charge on any atom is 0.320 e. The number of aliphatic hydroxyl groups excluding tert-OH is 1. The van der Waals surface area contributed by atoms with Gasteiger partial charge in [0.15, 0.2) is 0 Å². The normalized spacial score (nSPS) is 20.9. The van der Waals surface area contributed by atoms with Gasteiger partial charge in [0.1, 0.15) is 6.04 Å². The number of carbonyl (C=O) groups is 1. The average Bonchev–Trinajstić information content (AvgIpc) is 2.00. The van der Waals surface area contributed by atoms with Crippen LogP contribution in [0.2, 0.25) is 0 Å². The number of hydrogen-bond acceptors (Lipinski definition) is 3. The van der Waals surface area contributed by atoms with E-state index >= 15 is 0 Å². The summed E-state index contributed by atoms with van der Waals surface area (Å²) in [7, 11) is 0. The van der Waals surface area contributed by atoms with Crippen molar-refractivity contribution >= 4 is 5.97 Å². The van der Waals surface area contributed by atoms with Gasteiger partial charge in [-0.05, 0) is 6.92 Å². The third kappa shape index (κ3) is 2.33. The number of aliphatic carboxylic acids is 1. The zero-order valence-corrected chi connectivity index (χ0v) is 6.07. The van der Waals surface area contributed by atoms with Crippen LogP contribution in [-0.4, -0.2) is 29.8 Å². The van der Waals surface area contributed by atoms with Gasteiger partial charge in [0.05, 0.1) is 6.10 Å². The van der Waals surface area contributed by atoms with Crippen LogP contribution in [0.5, 0.6) is 0 Å². The summed E-state index contributed by atoms with van der Waals surface area (Å²) in [5.74, 6) is -1.42. The first-order valence-electron chi connectivity index (χ1n) is 3.52. The van der Waals surface area contributed by atoms with Crippen molar-refractivity contribution in [1.29, 1.82) is 1.43 Å². The Morgan fingerprint density at radius 2 is 2.20 bits per heavy atom. The molecule has 0 heterocycles. The summed E-state index contributed by atoms with van der Waals surface area (Å²) in [6.45, 7) is 3.25. The predicted octanol–water partition coefficient (Wildman–Crippen LogP) is -0.585. The predicted molar refractivity (Wildman–Crippen MR) is 36.5 cm³/mol. The van der Waals surface area contributed by atoms with Gasteiger partial charge in [0.2, 0.25) is 1.43 Å². The minimum atomic E-state index is -1.07. The number of hydrogen-bond donors (Lipinski definition) is 3. The lowest BCUT2D eigenvalue weighted by atomic mass is 9.98. The van der Waals surface area contributed by atoms with Crippen LogP contribution in [0.4, 0.5) is 0 Å². The molecule has 1 unspecified atom stereocenters. The molecule has 0 aromatic rings. The van der Waals surface area contributed by atoms with Gasteiger partial charge >= 0.3 is 5.97 Å². The standard InChI is InChI=1S/C6H13NO3/c1-3(4(2)8)5(7)6(9)10/h3-5,8H,7H2,1-2H3,(H,9,10)/t3-,4?,5-/m0/s1/i8D. The third-order valence-corrected chi connectivity index (χ3v) is 1.59. The molecule has 0 aliphatic carbocycles. The molecule has 0 aliphatic heterocycles. The highest BCUT2D eigenvalue weighted by atomic mass is 16.4. The third-order valence-electron chi connectivity index (χ3n) is 1.59. The zero-order chi connectivity index (χ0) is 9.02. The maximum atomic E-state index is 10.3. The number of carboxylic acids is 1. The molecule has 4 heteroatoms. The lowest BCUT2D eigenvalue weighted by Gasteiger charge is -2.17. The monoisotopic (exact) mass is 148 g/mol. The van der Waals surface area contributed by atoms with E-state index in [0.29, 0.717) is 0 Å². The smallest absolute Gasteiger partial charge is 0.320 e. The Hall–Kier alpha value is -0.610. The van der Waals surface area contributed by atoms with E-state index in [-0.39, 0.29) is 5.92 Å². The Balaban J connectivity index is 4.00. The van der Waals surface area contributed by atoms with Gasteiger partial charge in [-0.2, -0.15) is 0 Å². The fourth-order valence-corrected chi connectivity index (χ4v) is 0.517. The highest BCUT2D eigenvalue weighted by molar-refractivity contribution is 5.73. The molecule has 3 atom stereocenters. The Morgan fingerprint density at radius 3 is 2.50 bits per heavy atom. The van der Waals surface area contributed by atoms with Gasteiger partial charge in [-0.25, -0.2) is 0 Å². The summed E-state index contributed by atoms with van der Waals surface area (Å²) >= 11 is 0. The van der Waals surface area contributed by atoms with Crippen molar-refractivity contribution in [1.82, 2.24) is 0 Å². The Labute approximate surface area is 61.1 Å². The van der Waals surface area contributed by atoms with Crippen LogP contribution >= 0.6 is 0 Å². The summed E-state index contributed by atoms with van der Waals surface area (Å²) in [6, 6.07) is -0.963. The van der Waals surface area contributed by atoms with Crippen molar-refractivity contribution in [3.8, 4) is 0 Å². The van der Waals surface area contributed by atoms with Crippen molar-refractivity contribution in [3.63, 3.8) is 0 Å². The molecule has 0 bridgehead atoms.